The number of nitrogens with zero attached hydrogens (tertiary/aromatic N) is 1. The van der Waals surface area contributed by atoms with E-state index in [4.69, 9.17) is 10.5 Å². The molecular weight excluding hydrogens is 326 g/mol. The molecule has 5 heteroatoms. The summed E-state index contributed by atoms with van der Waals surface area (Å²) in [6.45, 7) is 6.20. The maximum Gasteiger partial charge on any atom is 0.262 e. The van der Waals surface area contributed by atoms with Crippen LogP contribution in [0.15, 0.2) is 42.5 Å². The average molecular weight is 353 g/mol. The van der Waals surface area contributed by atoms with Crippen molar-refractivity contribution >= 4 is 23.0 Å². The van der Waals surface area contributed by atoms with Gasteiger partial charge >= 0.3 is 0 Å². The number of nitrogen functional groups attached to an aromatic ring is 1. The van der Waals surface area contributed by atoms with Gasteiger partial charge in [-0.1, -0.05) is 25.1 Å². The summed E-state index contributed by atoms with van der Waals surface area (Å²) in [5.41, 5.74) is 9.35. The lowest BCUT2D eigenvalue weighted by molar-refractivity contribution is -0.118. The number of para-hydroxylation sites is 1. The fourth-order valence-electron chi connectivity index (χ4n) is 3.23. The number of nitrogens with two attached hydrogens (primary N) is 1. The number of carbonyl (C=O) groups excluding carboxylic acids is 1. The number of aryl methyl sites for hydroxylation is 1. The van der Waals surface area contributed by atoms with Gasteiger partial charge in [0.25, 0.3) is 5.91 Å². The van der Waals surface area contributed by atoms with Gasteiger partial charge in [0, 0.05) is 18.8 Å². The van der Waals surface area contributed by atoms with Gasteiger partial charge in [-0.2, -0.15) is 0 Å². The molecule has 0 saturated carbocycles. The predicted octanol–water partition coefficient (Wildman–Crippen LogP) is 3.83. The van der Waals surface area contributed by atoms with Gasteiger partial charge in [0.15, 0.2) is 6.61 Å². The van der Waals surface area contributed by atoms with Crippen molar-refractivity contribution in [2.75, 3.05) is 35.6 Å². The Morgan fingerprint density at radius 1 is 1.23 bits per heavy atom. The van der Waals surface area contributed by atoms with E-state index in [1.807, 2.05) is 49.4 Å². The minimum Gasteiger partial charge on any atom is -0.483 e. The Balaban J connectivity index is 1.67. The van der Waals surface area contributed by atoms with Crippen molar-refractivity contribution in [3.05, 3.63) is 48.0 Å². The summed E-state index contributed by atoms with van der Waals surface area (Å²) in [6, 6.07) is 13.4. The SMILES string of the molecule is Cc1ccccc1OCC(=O)Nc1cc(N)ccc1N1CCC(C)CC1. The third kappa shape index (κ3) is 4.48. The molecule has 0 aliphatic carbocycles. The standard InChI is InChI=1S/C21H27N3O2/c1-15-9-11-24(12-10-15)19-8-7-17(22)13-18(19)23-21(25)14-26-20-6-4-3-5-16(20)2/h3-8,13,15H,9-12,14,22H2,1-2H3,(H,23,25). The third-order valence-corrected chi connectivity index (χ3v) is 4.87. The highest BCUT2D eigenvalue weighted by atomic mass is 16.5. The number of benzene rings is 2. The number of piperidine rings is 1. The number of hydrogen-bond donors (Lipinski definition) is 2. The summed E-state index contributed by atoms with van der Waals surface area (Å²) < 4.78 is 5.64. The van der Waals surface area contributed by atoms with E-state index in [9.17, 15) is 4.79 Å². The van der Waals surface area contributed by atoms with Crippen molar-refractivity contribution in [1.82, 2.24) is 0 Å². The molecule has 0 bridgehead atoms. The van der Waals surface area contributed by atoms with E-state index >= 15 is 0 Å². The van der Waals surface area contributed by atoms with Crippen molar-refractivity contribution in [1.29, 1.82) is 0 Å². The highest BCUT2D eigenvalue weighted by Crippen LogP contribution is 2.31. The molecule has 1 amide bonds. The van der Waals surface area contributed by atoms with E-state index in [2.05, 4.69) is 17.1 Å². The summed E-state index contributed by atoms with van der Waals surface area (Å²) in [5.74, 6) is 1.28. The predicted molar refractivity (Wildman–Crippen MR) is 107 cm³/mol. The van der Waals surface area contributed by atoms with E-state index in [-0.39, 0.29) is 12.5 Å². The molecule has 1 aliphatic rings. The first kappa shape index (κ1) is 18.1. The molecule has 2 aromatic rings. The normalized spacial score (nSPS) is 14.9. The van der Waals surface area contributed by atoms with Crippen LogP contribution in [0.5, 0.6) is 5.75 Å². The molecule has 0 aromatic heterocycles. The van der Waals surface area contributed by atoms with Gasteiger partial charge in [0.05, 0.1) is 11.4 Å². The second-order valence-corrected chi connectivity index (χ2v) is 7.05. The van der Waals surface area contributed by atoms with Crippen molar-refractivity contribution in [3.63, 3.8) is 0 Å². The monoisotopic (exact) mass is 353 g/mol. The zero-order valence-electron chi connectivity index (χ0n) is 15.5. The number of amides is 1. The number of rotatable bonds is 5. The minimum absolute atomic E-state index is 0.0316. The Morgan fingerprint density at radius 2 is 1.96 bits per heavy atom. The van der Waals surface area contributed by atoms with Gasteiger partial charge in [-0.05, 0) is 55.5 Å². The molecule has 0 radical (unpaired) electrons. The topological polar surface area (TPSA) is 67.6 Å². The molecule has 1 saturated heterocycles. The second-order valence-electron chi connectivity index (χ2n) is 7.05. The maximum absolute atomic E-state index is 12.4. The van der Waals surface area contributed by atoms with Crippen molar-refractivity contribution in [2.24, 2.45) is 5.92 Å². The summed E-state index contributed by atoms with van der Waals surface area (Å²) >= 11 is 0. The molecule has 138 valence electrons. The zero-order valence-corrected chi connectivity index (χ0v) is 15.5. The zero-order chi connectivity index (χ0) is 18.5. The van der Waals surface area contributed by atoms with Crippen LogP contribution in [0.4, 0.5) is 17.1 Å². The molecule has 0 atom stereocenters. The molecule has 2 aromatic carbocycles. The van der Waals surface area contributed by atoms with Crippen LogP contribution in [-0.4, -0.2) is 25.6 Å². The molecule has 0 unspecified atom stereocenters. The molecular formula is C21H27N3O2. The Labute approximate surface area is 155 Å². The van der Waals surface area contributed by atoms with E-state index in [1.165, 1.54) is 0 Å². The summed E-state index contributed by atoms with van der Waals surface area (Å²) in [4.78, 5) is 14.7. The largest absolute Gasteiger partial charge is 0.483 e. The Morgan fingerprint density at radius 3 is 2.69 bits per heavy atom. The molecule has 1 heterocycles. The van der Waals surface area contributed by atoms with E-state index in [1.54, 1.807) is 0 Å². The van der Waals surface area contributed by atoms with Crippen LogP contribution >= 0.6 is 0 Å². The van der Waals surface area contributed by atoms with Crippen LogP contribution in [0.1, 0.15) is 25.3 Å². The maximum atomic E-state index is 12.4. The Kier molecular flexibility index (Phi) is 5.66. The fraction of sp³-hybridized carbons (Fsp3) is 0.381. The van der Waals surface area contributed by atoms with Crippen molar-refractivity contribution in [3.8, 4) is 5.75 Å². The first-order valence-electron chi connectivity index (χ1n) is 9.15. The van der Waals surface area contributed by atoms with Crippen molar-refractivity contribution < 1.29 is 9.53 Å². The first-order chi connectivity index (χ1) is 12.5. The Hall–Kier alpha value is -2.69. The smallest absolute Gasteiger partial charge is 0.262 e. The number of nitrogens with one attached hydrogen (secondary N) is 1. The van der Waals surface area contributed by atoms with E-state index in [0.717, 1.165) is 54.5 Å². The molecule has 26 heavy (non-hydrogen) atoms. The van der Waals surface area contributed by atoms with Gasteiger partial charge in [-0.3, -0.25) is 4.79 Å². The molecule has 3 N–H and O–H groups in total. The number of ether oxygens (including phenoxy) is 1. The molecule has 0 spiro atoms. The molecule has 3 rings (SSSR count). The number of hydrogen-bond acceptors (Lipinski definition) is 4. The van der Waals surface area contributed by atoms with Crippen LogP contribution in [0.3, 0.4) is 0 Å². The highest BCUT2D eigenvalue weighted by Gasteiger charge is 2.19. The van der Waals surface area contributed by atoms with Gasteiger partial charge < -0.3 is 20.7 Å². The van der Waals surface area contributed by atoms with Gasteiger partial charge in [0.2, 0.25) is 0 Å². The molecule has 1 aliphatic heterocycles. The number of carbonyl (C=O) groups is 1. The van der Waals surface area contributed by atoms with Crippen LogP contribution < -0.4 is 20.7 Å². The molecule has 5 nitrogen and oxygen atoms in total. The van der Waals surface area contributed by atoms with E-state index in [0.29, 0.717) is 5.69 Å². The van der Waals surface area contributed by atoms with E-state index < -0.39 is 0 Å². The fourth-order valence-corrected chi connectivity index (χ4v) is 3.23. The van der Waals surface area contributed by atoms with Crippen molar-refractivity contribution in [2.45, 2.75) is 26.7 Å². The lowest BCUT2D eigenvalue weighted by Gasteiger charge is -2.33. The quantitative estimate of drug-likeness (QED) is 0.802. The molecule has 1 fully saturated rings. The van der Waals surface area contributed by atoms with Crippen LogP contribution in [0.25, 0.3) is 0 Å². The average Bonchev–Trinajstić information content (AvgIpc) is 2.62. The summed E-state index contributed by atoms with van der Waals surface area (Å²) in [6.07, 6.45) is 2.32. The third-order valence-electron chi connectivity index (χ3n) is 4.87. The summed E-state index contributed by atoms with van der Waals surface area (Å²) in [5, 5.41) is 2.96. The van der Waals surface area contributed by atoms with Crippen LogP contribution in [0.2, 0.25) is 0 Å². The second kappa shape index (κ2) is 8.13. The van der Waals surface area contributed by atoms with Gasteiger partial charge in [-0.15, -0.1) is 0 Å². The Bertz CT molecular complexity index is 768. The lowest BCUT2D eigenvalue weighted by Crippen LogP contribution is -2.33. The summed E-state index contributed by atoms with van der Waals surface area (Å²) in [7, 11) is 0. The first-order valence-corrected chi connectivity index (χ1v) is 9.15. The van der Waals surface area contributed by atoms with Crippen LogP contribution in [0, 0.1) is 12.8 Å². The van der Waals surface area contributed by atoms with Gasteiger partial charge in [-0.25, -0.2) is 0 Å². The minimum atomic E-state index is -0.189. The van der Waals surface area contributed by atoms with Gasteiger partial charge in [0.1, 0.15) is 5.75 Å². The van der Waals surface area contributed by atoms with Crippen LogP contribution in [-0.2, 0) is 4.79 Å². The lowest BCUT2D eigenvalue weighted by atomic mass is 9.98. The highest BCUT2D eigenvalue weighted by molar-refractivity contribution is 5.96. The number of anilines is 3.